The molecule has 6 heteroatoms. The number of ether oxygens (including phenoxy) is 1. The number of benzene rings is 1. The standard InChI is InChI=1S/C10H10FNO3S/c11-6-2-1-3-8-10(6)12-7-4-16(13,14)5-9(7)15-8/h1-3,7,9,12H,4-5H2. The van der Waals surface area contributed by atoms with Gasteiger partial charge in [0.25, 0.3) is 0 Å². The first kappa shape index (κ1) is 9.89. The van der Waals surface area contributed by atoms with Crippen LogP contribution < -0.4 is 10.1 Å². The van der Waals surface area contributed by atoms with E-state index in [-0.39, 0.29) is 23.2 Å². The van der Waals surface area contributed by atoms with Crippen molar-refractivity contribution in [3.8, 4) is 5.75 Å². The Kier molecular flexibility index (Phi) is 1.92. The van der Waals surface area contributed by atoms with Crippen molar-refractivity contribution < 1.29 is 17.5 Å². The molecular formula is C10H10FNO3S. The number of nitrogens with one attached hydrogen (secondary N) is 1. The second-order valence-electron chi connectivity index (χ2n) is 4.10. The van der Waals surface area contributed by atoms with E-state index in [1.165, 1.54) is 6.07 Å². The van der Waals surface area contributed by atoms with Crippen molar-refractivity contribution in [2.75, 3.05) is 16.8 Å². The monoisotopic (exact) mass is 243 g/mol. The molecule has 1 fully saturated rings. The number of halogens is 1. The Labute approximate surface area is 92.3 Å². The smallest absolute Gasteiger partial charge is 0.156 e. The summed E-state index contributed by atoms with van der Waals surface area (Å²) < 4.78 is 41.8. The van der Waals surface area contributed by atoms with Gasteiger partial charge in [-0.25, -0.2) is 12.8 Å². The highest BCUT2D eigenvalue weighted by Gasteiger charge is 2.42. The molecule has 0 radical (unpaired) electrons. The van der Waals surface area contributed by atoms with Gasteiger partial charge in [-0.2, -0.15) is 0 Å². The van der Waals surface area contributed by atoms with Crippen molar-refractivity contribution in [1.82, 2.24) is 0 Å². The van der Waals surface area contributed by atoms with Crippen LogP contribution in [0.4, 0.5) is 10.1 Å². The summed E-state index contributed by atoms with van der Waals surface area (Å²) in [6.45, 7) is 0. The molecule has 2 aliphatic heterocycles. The average molecular weight is 243 g/mol. The summed E-state index contributed by atoms with van der Waals surface area (Å²) in [6.07, 6.45) is -0.403. The van der Waals surface area contributed by atoms with Crippen LogP contribution >= 0.6 is 0 Å². The largest absolute Gasteiger partial charge is 0.485 e. The SMILES string of the molecule is O=S1(=O)CC2Nc3c(F)cccc3OC2C1. The number of para-hydroxylation sites is 1. The summed E-state index contributed by atoms with van der Waals surface area (Å²) in [5, 5.41) is 2.90. The molecule has 4 nitrogen and oxygen atoms in total. The Balaban J connectivity index is 2.00. The molecule has 0 aromatic heterocycles. The lowest BCUT2D eigenvalue weighted by Gasteiger charge is -2.29. The van der Waals surface area contributed by atoms with Crippen LogP contribution in [-0.4, -0.2) is 32.1 Å². The van der Waals surface area contributed by atoms with Crippen molar-refractivity contribution in [2.45, 2.75) is 12.1 Å². The van der Waals surface area contributed by atoms with Gasteiger partial charge in [0, 0.05) is 0 Å². The van der Waals surface area contributed by atoms with Crippen LogP contribution in [-0.2, 0) is 9.84 Å². The van der Waals surface area contributed by atoms with Gasteiger partial charge in [-0.05, 0) is 12.1 Å². The molecule has 1 saturated heterocycles. The number of hydrogen-bond acceptors (Lipinski definition) is 4. The third-order valence-corrected chi connectivity index (χ3v) is 4.59. The van der Waals surface area contributed by atoms with Crippen LogP contribution in [0.3, 0.4) is 0 Å². The van der Waals surface area contributed by atoms with E-state index >= 15 is 0 Å². The van der Waals surface area contributed by atoms with Gasteiger partial charge in [-0.15, -0.1) is 0 Å². The highest BCUT2D eigenvalue weighted by Crippen LogP contribution is 2.36. The molecule has 3 rings (SSSR count). The van der Waals surface area contributed by atoms with Gasteiger partial charge in [0.1, 0.15) is 23.4 Å². The zero-order valence-corrected chi connectivity index (χ0v) is 9.13. The minimum absolute atomic E-state index is 0.000615. The number of sulfone groups is 1. The third-order valence-electron chi connectivity index (χ3n) is 2.88. The van der Waals surface area contributed by atoms with E-state index in [2.05, 4.69) is 5.32 Å². The molecule has 2 unspecified atom stereocenters. The maximum Gasteiger partial charge on any atom is 0.156 e. The van der Waals surface area contributed by atoms with Crippen LogP contribution in [0.15, 0.2) is 18.2 Å². The maximum absolute atomic E-state index is 13.4. The zero-order chi connectivity index (χ0) is 11.3. The quantitative estimate of drug-likeness (QED) is 0.732. The molecule has 1 aromatic rings. The average Bonchev–Trinajstić information content (AvgIpc) is 2.48. The molecular weight excluding hydrogens is 233 g/mol. The van der Waals surface area contributed by atoms with Gasteiger partial charge in [0.2, 0.25) is 0 Å². The highest BCUT2D eigenvalue weighted by molar-refractivity contribution is 7.91. The summed E-state index contributed by atoms with van der Waals surface area (Å²) >= 11 is 0. The molecule has 86 valence electrons. The maximum atomic E-state index is 13.4. The molecule has 2 atom stereocenters. The molecule has 0 spiro atoms. The van der Waals surface area contributed by atoms with Crippen LogP contribution in [0.2, 0.25) is 0 Å². The van der Waals surface area contributed by atoms with E-state index in [1.54, 1.807) is 12.1 Å². The predicted molar refractivity (Wildman–Crippen MR) is 56.9 cm³/mol. The van der Waals surface area contributed by atoms with E-state index in [9.17, 15) is 12.8 Å². The van der Waals surface area contributed by atoms with Gasteiger partial charge >= 0.3 is 0 Å². The van der Waals surface area contributed by atoms with E-state index in [0.29, 0.717) is 5.75 Å². The lowest BCUT2D eigenvalue weighted by Crippen LogP contribution is -2.40. The summed E-state index contributed by atoms with van der Waals surface area (Å²) in [7, 11) is -3.07. The molecule has 2 heterocycles. The van der Waals surface area contributed by atoms with E-state index in [4.69, 9.17) is 4.74 Å². The summed E-state index contributed by atoms with van der Waals surface area (Å²) in [6, 6.07) is 4.15. The van der Waals surface area contributed by atoms with Crippen molar-refractivity contribution >= 4 is 15.5 Å². The fraction of sp³-hybridized carbons (Fsp3) is 0.400. The molecule has 1 N–H and O–H groups in total. The van der Waals surface area contributed by atoms with Gasteiger partial charge in [-0.3, -0.25) is 0 Å². The second kappa shape index (κ2) is 3.10. The molecule has 0 aliphatic carbocycles. The molecule has 0 saturated carbocycles. The summed E-state index contributed by atoms with van der Waals surface area (Å²) in [4.78, 5) is 0. The normalized spacial score (nSPS) is 29.8. The number of anilines is 1. The molecule has 16 heavy (non-hydrogen) atoms. The fourth-order valence-electron chi connectivity index (χ4n) is 2.16. The minimum atomic E-state index is -3.07. The Morgan fingerprint density at radius 1 is 1.38 bits per heavy atom. The van der Waals surface area contributed by atoms with E-state index in [0.717, 1.165) is 0 Å². The van der Waals surface area contributed by atoms with E-state index < -0.39 is 21.8 Å². The van der Waals surface area contributed by atoms with E-state index in [1.807, 2.05) is 0 Å². The first-order valence-corrected chi connectivity index (χ1v) is 6.79. The first-order chi connectivity index (χ1) is 7.55. The molecule has 1 aromatic carbocycles. The Morgan fingerprint density at radius 2 is 2.19 bits per heavy atom. The number of fused-ring (bicyclic) bond motifs is 2. The Bertz CT molecular complexity index is 543. The number of rotatable bonds is 0. The topological polar surface area (TPSA) is 55.4 Å². The van der Waals surface area contributed by atoms with Crippen LogP contribution in [0.1, 0.15) is 0 Å². The van der Waals surface area contributed by atoms with Gasteiger partial charge < -0.3 is 10.1 Å². The Morgan fingerprint density at radius 3 is 3.00 bits per heavy atom. The fourth-order valence-corrected chi connectivity index (χ4v) is 3.94. The predicted octanol–water partition coefficient (Wildman–Crippen LogP) is 0.796. The van der Waals surface area contributed by atoms with Crippen molar-refractivity contribution in [3.05, 3.63) is 24.0 Å². The van der Waals surface area contributed by atoms with Gasteiger partial charge in [0.15, 0.2) is 9.84 Å². The highest BCUT2D eigenvalue weighted by atomic mass is 32.2. The van der Waals surface area contributed by atoms with Crippen LogP contribution in [0, 0.1) is 5.82 Å². The minimum Gasteiger partial charge on any atom is -0.485 e. The number of hydrogen-bond donors (Lipinski definition) is 1. The zero-order valence-electron chi connectivity index (χ0n) is 8.31. The first-order valence-electron chi connectivity index (χ1n) is 4.97. The van der Waals surface area contributed by atoms with Crippen LogP contribution in [0.5, 0.6) is 5.75 Å². The van der Waals surface area contributed by atoms with Crippen molar-refractivity contribution in [1.29, 1.82) is 0 Å². The van der Waals surface area contributed by atoms with Gasteiger partial charge in [0.05, 0.1) is 17.5 Å². The lowest BCUT2D eigenvalue weighted by atomic mass is 10.1. The molecule has 2 aliphatic rings. The van der Waals surface area contributed by atoms with Crippen LogP contribution in [0.25, 0.3) is 0 Å². The van der Waals surface area contributed by atoms with Gasteiger partial charge in [-0.1, -0.05) is 6.07 Å². The Hall–Kier alpha value is -1.30. The third kappa shape index (κ3) is 1.44. The molecule has 0 amide bonds. The summed E-state index contributed by atoms with van der Waals surface area (Å²) in [5.41, 5.74) is 0.265. The molecule has 0 bridgehead atoms. The second-order valence-corrected chi connectivity index (χ2v) is 6.25. The van der Waals surface area contributed by atoms with Crippen molar-refractivity contribution in [2.24, 2.45) is 0 Å². The van der Waals surface area contributed by atoms with Crippen molar-refractivity contribution in [3.63, 3.8) is 0 Å². The summed E-state index contributed by atoms with van der Waals surface area (Å²) in [5.74, 6) is -0.0231. The lowest BCUT2D eigenvalue weighted by molar-refractivity contribution is 0.204.